The van der Waals surface area contributed by atoms with Crippen molar-refractivity contribution in [2.24, 2.45) is 0 Å². The van der Waals surface area contributed by atoms with E-state index in [0.717, 1.165) is 25.4 Å². The number of aromatic nitrogens is 1. The molecule has 4 rings (SSSR count). The molecular weight excluding hydrogens is 418 g/mol. The maximum atomic E-state index is 6.09. The molecule has 6 heteroatoms. The van der Waals surface area contributed by atoms with Crippen LogP contribution in [0.15, 0.2) is 65.6 Å². The first kappa shape index (κ1) is 22.9. The Labute approximate surface area is 195 Å². The summed E-state index contributed by atoms with van der Waals surface area (Å²) in [5.41, 5.74) is 4.91. The molecule has 1 fully saturated rings. The second kappa shape index (κ2) is 11.1. The van der Waals surface area contributed by atoms with Gasteiger partial charge >= 0.3 is 0 Å². The summed E-state index contributed by atoms with van der Waals surface area (Å²) in [6.07, 6.45) is 2.10. The summed E-state index contributed by atoms with van der Waals surface area (Å²) >= 11 is 1.76. The summed E-state index contributed by atoms with van der Waals surface area (Å²) < 4.78 is 14.3. The average Bonchev–Trinajstić information content (AvgIpc) is 3.20. The normalized spacial score (nSPS) is 18.6. The van der Waals surface area contributed by atoms with Crippen LogP contribution in [0.1, 0.15) is 24.2 Å². The van der Waals surface area contributed by atoms with Crippen molar-refractivity contribution >= 4 is 11.8 Å². The first-order valence-corrected chi connectivity index (χ1v) is 12.5. The molecule has 2 N–H and O–H groups in total. The van der Waals surface area contributed by atoms with Gasteiger partial charge in [-0.05, 0) is 67.6 Å². The molecule has 1 aliphatic rings. The lowest BCUT2D eigenvalue weighted by Crippen LogP contribution is -2.51. The largest absolute Gasteiger partial charge is 0.492 e. The van der Waals surface area contributed by atoms with Gasteiger partial charge in [0.05, 0.1) is 12.6 Å². The number of aryl methyl sites for hydroxylation is 1. The summed E-state index contributed by atoms with van der Waals surface area (Å²) in [6.45, 7) is 8.15. The average molecular weight is 452 g/mol. The highest BCUT2D eigenvalue weighted by molar-refractivity contribution is 7.98. The van der Waals surface area contributed by atoms with Gasteiger partial charge in [-0.2, -0.15) is 0 Å². The van der Waals surface area contributed by atoms with E-state index in [1.54, 1.807) is 11.8 Å². The zero-order chi connectivity index (χ0) is 22.3. The van der Waals surface area contributed by atoms with Crippen molar-refractivity contribution in [3.63, 3.8) is 0 Å². The van der Waals surface area contributed by atoms with Crippen molar-refractivity contribution in [2.75, 3.05) is 32.6 Å². The minimum atomic E-state index is 0.000594. The maximum Gasteiger partial charge on any atom is 0.127 e. The summed E-state index contributed by atoms with van der Waals surface area (Å²) in [6, 6.07) is 21.6. The van der Waals surface area contributed by atoms with Gasteiger partial charge in [0.15, 0.2) is 0 Å². The van der Waals surface area contributed by atoms with E-state index < -0.39 is 0 Å². The van der Waals surface area contributed by atoms with Crippen LogP contribution in [0.25, 0.3) is 11.3 Å². The smallest absolute Gasteiger partial charge is 0.127 e. The van der Waals surface area contributed by atoms with Crippen LogP contribution in [-0.4, -0.2) is 43.4 Å². The number of hydrogen-bond acceptors (Lipinski definition) is 5. The summed E-state index contributed by atoms with van der Waals surface area (Å²) in [4.78, 5) is 1.28. The molecule has 3 aromatic rings. The van der Waals surface area contributed by atoms with Gasteiger partial charge in [-0.1, -0.05) is 24.3 Å². The topological polar surface area (TPSA) is 47.4 Å². The molecule has 0 aliphatic carbocycles. The van der Waals surface area contributed by atoms with Crippen LogP contribution in [0.2, 0.25) is 0 Å². The maximum absolute atomic E-state index is 6.09. The van der Waals surface area contributed by atoms with Crippen LogP contribution in [0.3, 0.4) is 0 Å². The van der Waals surface area contributed by atoms with E-state index in [1.165, 1.54) is 27.4 Å². The molecule has 2 atom stereocenters. The van der Waals surface area contributed by atoms with Crippen molar-refractivity contribution in [2.45, 2.75) is 37.6 Å². The predicted octanol–water partition coefficient (Wildman–Crippen LogP) is 4.86. The summed E-state index contributed by atoms with van der Waals surface area (Å²) in [5.74, 6) is 0.890. The number of piperazine rings is 1. The van der Waals surface area contributed by atoms with Gasteiger partial charge < -0.3 is 19.4 Å². The van der Waals surface area contributed by atoms with Crippen LogP contribution in [0.5, 0.6) is 5.75 Å². The van der Waals surface area contributed by atoms with Gasteiger partial charge in [-0.3, -0.25) is 5.32 Å². The zero-order valence-electron chi connectivity index (χ0n) is 19.1. The molecule has 170 valence electrons. The zero-order valence-corrected chi connectivity index (χ0v) is 20.0. The Bertz CT molecular complexity index is 983. The van der Waals surface area contributed by atoms with Crippen molar-refractivity contribution in [3.8, 4) is 17.0 Å². The van der Waals surface area contributed by atoms with Gasteiger partial charge in [-0.25, -0.2) is 0 Å². The second-order valence-electron chi connectivity index (χ2n) is 7.92. The van der Waals surface area contributed by atoms with Crippen molar-refractivity contribution < 1.29 is 9.47 Å². The highest BCUT2D eigenvalue weighted by Crippen LogP contribution is 2.26. The lowest BCUT2D eigenvalue weighted by atomic mass is 10.0. The van der Waals surface area contributed by atoms with Gasteiger partial charge in [0.25, 0.3) is 0 Å². The molecule has 2 aromatic carbocycles. The number of benzene rings is 2. The highest BCUT2D eigenvalue weighted by atomic mass is 32.2. The van der Waals surface area contributed by atoms with Gasteiger partial charge in [0.1, 0.15) is 18.6 Å². The van der Waals surface area contributed by atoms with Crippen LogP contribution in [0, 0.1) is 6.92 Å². The van der Waals surface area contributed by atoms with Crippen molar-refractivity contribution in [1.82, 2.24) is 15.2 Å². The Hall–Kier alpha value is -2.25. The van der Waals surface area contributed by atoms with Crippen LogP contribution >= 0.6 is 11.8 Å². The molecule has 0 bridgehead atoms. The minimum absolute atomic E-state index is 0.000594. The van der Waals surface area contributed by atoms with Crippen LogP contribution in [0.4, 0.5) is 0 Å². The first-order valence-electron chi connectivity index (χ1n) is 11.3. The van der Waals surface area contributed by atoms with E-state index >= 15 is 0 Å². The third kappa shape index (κ3) is 5.38. The minimum Gasteiger partial charge on any atom is -0.492 e. The molecule has 0 amide bonds. The number of nitrogens with one attached hydrogen (secondary N) is 2. The van der Waals surface area contributed by atoms with E-state index in [1.807, 2.05) is 6.92 Å². The number of rotatable bonds is 9. The fourth-order valence-electron chi connectivity index (χ4n) is 4.20. The van der Waals surface area contributed by atoms with Crippen LogP contribution < -0.4 is 15.4 Å². The van der Waals surface area contributed by atoms with Crippen LogP contribution in [-0.2, 0) is 11.3 Å². The fraction of sp³-hybridized carbons (Fsp3) is 0.385. The molecular formula is C26H33N3O2S. The number of thioether (sulfide) groups is 1. The molecule has 5 nitrogen and oxygen atoms in total. The Balaban J connectivity index is 1.37. The van der Waals surface area contributed by atoms with Gasteiger partial charge in [-0.15, -0.1) is 11.8 Å². The molecule has 2 heterocycles. The Morgan fingerprint density at radius 2 is 1.72 bits per heavy atom. The summed E-state index contributed by atoms with van der Waals surface area (Å²) in [5, 5.41) is 7.00. The Morgan fingerprint density at radius 3 is 2.44 bits per heavy atom. The number of hydrogen-bond donors (Lipinski definition) is 2. The molecule has 32 heavy (non-hydrogen) atoms. The van der Waals surface area contributed by atoms with E-state index in [9.17, 15) is 0 Å². The second-order valence-corrected chi connectivity index (χ2v) is 8.80. The van der Waals surface area contributed by atoms with Crippen molar-refractivity contribution in [1.29, 1.82) is 0 Å². The first-order chi connectivity index (χ1) is 15.7. The quantitative estimate of drug-likeness (QED) is 0.455. The predicted molar refractivity (Wildman–Crippen MR) is 132 cm³/mol. The monoisotopic (exact) mass is 451 g/mol. The molecule has 0 spiro atoms. The van der Waals surface area contributed by atoms with Crippen molar-refractivity contribution in [3.05, 3.63) is 71.9 Å². The molecule has 0 radical (unpaired) electrons. The molecule has 1 saturated heterocycles. The Morgan fingerprint density at radius 1 is 0.969 bits per heavy atom. The molecule has 0 saturated carbocycles. The molecule has 1 aromatic heterocycles. The SMILES string of the molecule is CCO[C@@H]1NCCNC1c1ccc(OCCn2c(C)ccc2-c2ccc(SC)cc2)cc1. The van der Waals surface area contributed by atoms with Gasteiger partial charge in [0.2, 0.25) is 0 Å². The van der Waals surface area contributed by atoms with E-state index in [2.05, 4.69) is 89.0 Å². The lowest BCUT2D eigenvalue weighted by Gasteiger charge is -2.33. The highest BCUT2D eigenvalue weighted by Gasteiger charge is 2.26. The number of nitrogens with zero attached hydrogens (tertiary/aromatic N) is 1. The lowest BCUT2D eigenvalue weighted by molar-refractivity contribution is -0.00161. The third-order valence-corrected chi connectivity index (χ3v) is 6.63. The standard InChI is InChI=1S/C26H33N3O2S/c1-4-30-26-25(27-15-16-28-26)21-6-10-22(11-7-21)31-18-17-29-19(2)5-14-24(29)20-8-12-23(32-3)13-9-20/h5-14,25-28H,4,15-18H2,1-3H3/t25?,26-/m0/s1. The molecule has 1 aliphatic heterocycles. The molecule has 1 unspecified atom stereocenters. The third-order valence-electron chi connectivity index (χ3n) is 5.89. The Kier molecular flexibility index (Phi) is 7.92. The van der Waals surface area contributed by atoms with E-state index in [-0.39, 0.29) is 12.3 Å². The van der Waals surface area contributed by atoms with E-state index in [0.29, 0.717) is 13.2 Å². The fourth-order valence-corrected chi connectivity index (χ4v) is 4.61. The number of ether oxygens (including phenoxy) is 2. The summed E-state index contributed by atoms with van der Waals surface area (Å²) in [7, 11) is 0. The van der Waals surface area contributed by atoms with E-state index in [4.69, 9.17) is 9.47 Å². The van der Waals surface area contributed by atoms with Gasteiger partial charge in [0, 0.05) is 36.0 Å².